The van der Waals surface area contributed by atoms with Crippen LogP contribution in [0.2, 0.25) is 0 Å². The van der Waals surface area contributed by atoms with Crippen LogP contribution in [0.15, 0.2) is 11.6 Å². The fourth-order valence-corrected chi connectivity index (χ4v) is 2.01. The number of hydrogen-bond acceptors (Lipinski definition) is 3. The number of ether oxygens (including phenoxy) is 1. The third-order valence-corrected chi connectivity index (χ3v) is 2.71. The molecule has 3 heteroatoms. The van der Waals surface area contributed by atoms with Crippen LogP contribution >= 0.6 is 0 Å². The Hall–Kier alpha value is -0.830. The van der Waals surface area contributed by atoms with Crippen molar-refractivity contribution in [3.8, 4) is 0 Å². The van der Waals surface area contributed by atoms with Crippen LogP contribution in [0.4, 0.5) is 0 Å². The fourth-order valence-electron chi connectivity index (χ4n) is 2.01. The molecule has 1 saturated carbocycles. The van der Waals surface area contributed by atoms with Crippen molar-refractivity contribution in [1.29, 1.82) is 0 Å². The minimum Gasteiger partial charge on any atom is -0.449 e. The maximum absolute atomic E-state index is 11.0. The second kappa shape index (κ2) is 2.59. The normalized spacial score (nSPS) is 34.1. The van der Waals surface area contributed by atoms with Gasteiger partial charge in [0.15, 0.2) is 5.60 Å². The van der Waals surface area contributed by atoms with E-state index in [0.717, 1.165) is 31.3 Å². The summed E-state index contributed by atoms with van der Waals surface area (Å²) in [5, 5.41) is 9.15. The molecule has 0 aromatic carbocycles. The van der Waals surface area contributed by atoms with Gasteiger partial charge < -0.3 is 9.84 Å². The maximum Gasteiger partial charge on any atom is 0.331 e. The molecule has 0 bridgehead atoms. The first-order chi connectivity index (χ1) is 5.77. The van der Waals surface area contributed by atoms with Gasteiger partial charge in [0.1, 0.15) is 0 Å². The van der Waals surface area contributed by atoms with E-state index in [1.807, 2.05) is 0 Å². The van der Waals surface area contributed by atoms with Crippen LogP contribution in [0.5, 0.6) is 0 Å². The zero-order valence-corrected chi connectivity index (χ0v) is 6.88. The monoisotopic (exact) mass is 168 g/mol. The molecule has 0 aromatic heterocycles. The molecule has 3 nitrogen and oxygen atoms in total. The largest absolute Gasteiger partial charge is 0.449 e. The van der Waals surface area contributed by atoms with Gasteiger partial charge in [0.2, 0.25) is 0 Å². The van der Waals surface area contributed by atoms with Crippen molar-refractivity contribution in [1.82, 2.24) is 0 Å². The van der Waals surface area contributed by atoms with Crippen LogP contribution in [0.25, 0.3) is 0 Å². The van der Waals surface area contributed by atoms with Crippen molar-refractivity contribution in [3.63, 3.8) is 0 Å². The number of rotatable bonds is 1. The first kappa shape index (κ1) is 7.80. The second-order valence-electron chi connectivity index (χ2n) is 3.45. The van der Waals surface area contributed by atoms with Gasteiger partial charge in [0, 0.05) is 6.08 Å². The Bertz CT molecular complexity index is 244. The van der Waals surface area contributed by atoms with Crippen LogP contribution in [0.3, 0.4) is 0 Å². The Kier molecular flexibility index (Phi) is 1.68. The molecule has 2 rings (SSSR count). The SMILES string of the molecule is O=C1C=C2CCCC[C@]2(CO)O1. The van der Waals surface area contributed by atoms with Crippen LogP contribution in [-0.2, 0) is 9.53 Å². The van der Waals surface area contributed by atoms with Crippen LogP contribution in [0.1, 0.15) is 25.7 Å². The molecule has 12 heavy (non-hydrogen) atoms. The van der Waals surface area contributed by atoms with Gasteiger partial charge in [-0.1, -0.05) is 0 Å². The molecule has 0 unspecified atom stereocenters. The highest BCUT2D eigenvalue weighted by Crippen LogP contribution is 2.39. The van der Waals surface area contributed by atoms with Crippen molar-refractivity contribution in [2.45, 2.75) is 31.3 Å². The van der Waals surface area contributed by atoms with E-state index in [-0.39, 0.29) is 12.6 Å². The molecule has 1 aliphatic carbocycles. The average molecular weight is 168 g/mol. The van der Waals surface area contributed by atoms with Crippen molar-refractivity contribution in [2.75, 3.05) is 6.61 Å². The predicted molar refractivity (Wildman–Crippen MR) is 42.5 cm³/mol. The van der Waals surface area contributed by atoms with Gasteiger partial charge in [0.25, 0.3) is 0 Å². The summed E-state index contributed by atoms with van der Waals surface area (Å²) in [6.07, 6.45) is 5.35. The number of fused-ring (bicyclic) bond motifs is 1. The first-order valence-electron chi connectivity index (χ1n) is 4.32. The lowest BCUT2D eigenvalue weighted by Gasteiger charge is -2.32. The highest BCUT2D eigenvalue weighted by atomic mass is 16.6. The summed E-state index contributed by atoms with van der Waals surface area (Å²) in [5.41, 5.74) is 0.358. The summed E-state index contributed by atoms with van der Waals surface area (Å²) in [6.45, 7) is -0.0649. The van der Waals surface area contributed by atoms with Gasteiger partial charge in [-0.05, 0) is 31.3 Å². The number of esters is 1. The molecule has 66 valence electrons. The molecule has 1 heterocycles. The minimum absolute atomic E-state index is 0.0649. The first-order valence-corrected chi connectivity index (χ1v) is 4.32. The highest BCUT2D eigenvalue weighted by molar-refractivity contribution is 5.86. The van der Waals surface area contributed by atoms with Crippen molar-refractivity contribution >= 4 is 5.97 Å². The molecule has 1 atom stereocenters. The van der Waals surface area contributed by atoms with E-state index in [4.69, 9.17) is 9.84 Å². The summed E-state index contributed by atoms with van der Waals surface area (Å²) < 4.78 is 5.12. The number of hydrogen-bond donors (Lipinski definition) is 1. The molecule has 1 N–H and O–H groups in total. The molecule has 1 fully saturated rings. The predicted octanol–water partition coefficient (Wildman–Crippen LogP) is 0.775. The lowest BCUT2D eigenvalue weighted by molar-refractivity contribution is -0.150. The number of carbonyl (C=O) groups is 1. The van der Waals surface area contributed by atoms with E-state index in [2.05, 4.69) is 0 Å². The zero-order chi connectivity index (χ0) is 8.60. The molecule has 0 amide bonds. The Morgan fingerprint density at radius 1 is 1.58 bits per heavy atom. The molecule has 1 aliphatic heterocycles. The Morgan fingerprint density at radius 2 is 2.42 bits per heavy atom. The summed E-state index contributed by atoms with van der Waals surface area (Å²) >= 11 is 0. The fraction of sp³-hybridized carbons (Fsp3) is 0.667. The van der Waals surface area contributed by atoms with Gasteiger partial charge in [-0.25, -0.2) is 4.79 Å². The average Bonchev–Trinajstić information content (AvgIpc) is 2.41. The molecule has 2 aliphatic rings. The van der Waals surface area contributed by atoms with Crippen LogP contribution in [-0.4, -0.2) is 23.3 Å². The number of aliphatic hydroxyl groups excluding tert-OH is 1. The topological polar surface area (TPSA) is 46.5 Å². The van der Waals surface area contributed by atoms with E-state index < -0.39 is 5.60 Å². The molecule has 0 spiro atoms. The number of carbonyl (C=O) groups excluding carboxylic acids is 1. The van der Waals surface area contributed by atoms with Gasteiger partial charge in [-0.2, -0.15) is 0 Å². The second-order valence-corrected chi connectivity index (χ2v) is 3.45. The maximum atomic E-state index is 11.0. The van der Waals surface area contributed by atoms with E-state index in [1.165, 1.54) is 6.08 Å². The molecule has 0 aromatic rings. The van der Waals surface area contributed by atoms with E-state index >= 15 is 0 Å². The van der Waals surface area contributed by atoms with Gasteiger partial charge in [-0.15, -0.1) is 0 Å². The van der Waals surface area contributed by atoms with Gasteiger partial charge in [-0.3, -0.25) is 0 Å². The van der Waals surface area contributed by atoms with Crippen molar-refractivity contribution in [3.05, 3.63) is 11.6 Å². The minimum atomic E-state index is -0.630. The lowest BCUT2D eigenvalue weighted by Crippen LogP contribution is -2.38. The smallest absolute Gasteiger partial charge is 0.331 e. The Balaban J connectivity index is 2.29. The summed E-state index contributed by atoms with van der Waals surface area (Å²) in [6, 6.07) is 0. The Labute approximate surface area is 71.0 Å². The van der Waals surface area contributed by atoms with Gasteiger partial charge >= 0.3 is 5.97 Å². The van der Waals surface area contributed by atoms with E-state index in [0.29, 0.717) is 0 Å². The third-order valence-electron chi connectivity index (χ3n) is 2.71. The van der Waals surface area contributed by atoms with E-state index in [1.54, 1.807) is 0 Å². The zero-order valence-electron chi connectivity index (χ0n) is 6.88. The Morgan fingerprint density at radius 3 is 3.08 bits per heavy atom. The van der Waals surface area contributed by atoms with Crippen molar-refractivity contribution in [2.24, 2.45) is 0 Å². The standard InChI is InChI=1S/C9H12O3/c10-6-9-4-2-1-3-7(9)5-8(11)12-9/h5,10H,1-4,6H2/t9-/m1/s1. The van der Waals surface area contributed by atoms with Crippen LogP contribution in [0, 0.1) is 0 Å². The summed E-state index contributed by atoms with van der Waals surface area (Å²) in [7, 11) is 0. The number of aliphatic hydroxyl groups is 1. The summed E-state index contributed by atoms with van der Waals surface area (Å²) in [5.74, 6) is -0.291. The molecular weight excluding hydrogens is 156 g/mol. The van der Waals surface area contributed by atoms with Gasteiger partial charge in [0.05, 0.1) is 6.61 Å². The third kappa shape index (κ3) is 0.966. The molecule has 0 radical (unpaired) electrons. The van der Waals surface area contributed by atoms with E-state index in [9.17, 15) is 4.79 Å². The van der Waals surface area contributed by atoms with Crippen LogP contribution < -0.4 is 0 Å². The van der Waals surface area contributed by atoms with Crippen molar-refractivity contribution < 1.29 is 14.6 Å². The highest BCUT2D eigenvalue weighted by Gasteiger charge is 2.43. The molecule has 0 saturated heterocycles. The lowest BCUT2D eigenvalue weighted by atomic mass is 9.81. The summed E-state index contributed by atoms with van der Waals surface area (Å²) in [4.78, 5) is 11.0. The quantitative estimate of drug-likeness (QED) is 0.588. The molecular formula is C9H12O3.